The molecule has 0 aliphatic carbocycles. The molecule has 0 saturated carbocycles. The van der Waals surface area contributed by atoms with E-state index in [1.54, 1.807) is 0 Å². The fraction of sp³-hybridized carbons (Fsp3) is 0.273. The lowest BCUT2D eigenvalue weighted by Gasteiger charge is -2.04. The lowest BCUT2D eigenvalue weighted by Crippen LogP contribution is -2.08. The third kappa shape index (κ3) is 3.30. The third-order valence-corrected chi connectivity index (χ3v) is 2.12. The predicted molar refractivity (Wildman–Crippen MR) is 52.1 cm³/mol. The first-order valence-corrected chi connectivity index (χ1v) is 4.82. The minimum atomic E-state index is -1.54. The summed E-state index contributed by atoms with van der Waals surface area (Å²) in [5.41, 5.74) is -0.949. The number of benzene rings is 1. The van der Waals surface area contributed by atoms with Crippen LogP contribution in [0.3, 0.4) is 0 Å². The van der Waals surface area contributed by atoms with Crippen LogP contribution in [0.2, 0.25) is 0 Å². The number of aliphatic carboxylic acids is 1. The van der Waals surface area contributed by atoms with E-state index >= 15 is 0 Å². The molecule has 1 aromatic rings. The van der Waals surface area contributed by atoms with Gasteiger partial charge in [0.2, 0.25) is 0 Å². The maximum atomic E-state index is 13.1. The number of hydrogen-bond donors (Lipinski definition) is 1. The van der Waals surface area contributed by atoms with Crippen molar-refractivity contribution in [1.29, 1.82) is 0 Å². The molecule has 0 atom stereocenters. The Morgan fingerprint density at radius 1 is 1.06 bits per heavy atom. The normalized spacial score (nSPS) is 10.3. The number of carbonyl (C=O) groups excluding carboxylic acids is 1. The highest BCUT2D eigenvalue weighted by Gasteiger charge is 2.20. The summed E-state index contributed by atoms with van der Waals surface area (Å²) in [5, 5.41) is 8.33. The van der Waals surface area contributed by atoms with Crippen LogP contribution in [0.1, 0.15) is 29.6 Å². The Morgan fingerprint density at radius 3 is 2.24 bits per heavy atom. The molecule has 3 nitrogen and oxygen atoms in total. The van der Waals surface area contributed by atoms with E-state index in [-0.39, 0.29) is 19.3 Å². The van der Waals surface area contributed by atoms with Crippen molar-refractivity contribution in [2.45, 2.75) is 19.3 Å². The van der Waals surface area contributed by atoms with Crippen molar-refractivity contribution >= 4 is 11.8 Å². The molecule has 17 heavy (non-hydrogen) atoms. The first-order valence-electron chi connectivity index (χ1n) is 4.82. The highest BCUT2D eigenvalue weighted by molar-refractivity contribution is 5.96. The zero-order valence-electron chi connectivity index (χ0n) is 8.67. The Kier molecular flexibility index (Phi) is 4.25. The Bertz CT molecular complexity index is 458. The van der Waals surface area contributed by atoms with Crippen LogP contribution in [-0.4, -0.2) is 16.9 Å². The number of carbonyl (C=O) groups is 2. The molecule has 1 rings (SSSR count). The second-order valence-electron chi connectivity index (χ2n) is 3.39. The molecule has 0 aromatic heterocycles. The van der Waals surface area contributed by atoms with Crippen molar-refractivity contribution in [3.8, 4) is 0 Å². The topological polar surface area (TPSA) is 54.4 Å². The molecule has 0 bridgehead atoms. The van der Waals surface area contributed by atoms with E-state index in [0.717, 1.165) is 0 Å². The van der Waals surface area contributed by atoms with Crippen molar-refractivity contribution in [3.05, 3.63) is 35.1 Å². The molecule has 0 heterocycles. The van der Waals surface area contributed by atoms with E-state index in [1.165, 1.54) is 0 Å². The van der Waals surface area contributed by atoms with Gasteiger partial charge in [0.15, 0.2) is 17.4 Å². The molecule has 0 aliphatic rings. The third-order valence-electron chi connectivity index (χ3n) is 2.12. The number of rotatable bonds is 5. The minimum Gasteiger partial charge on any atom is -0.481 e. The Balaban J connectivity index is 2.82. The van der Waals surface area contributed by atoms with Crippen molar-refractivity contribution in [3.63, 3.8) is 0 Å². The highest BCUT2D eigenvalue weighted by Crippen LogP contribution is 2.18. The first kappa shape index (κ1) is 13.2. The number of carboxylic acids is 1. The summed E-state index contributed by atoms with van der Waals surface area (Å²) >= 11 is 0. The zero-order chi connectivity index (χ0) is 13.0. The number of Topliss-reactive ketones (excluding diaryl/α,β-unsaturated/α-hetero) is 1. The molecule has 1 N–H and O–H groups in total. The highest BCUT2D eigenvalue weighted by atomic mass is 19.2. The average Bonchev–Trinajstić information content (AvgIpc) is 2.23. The SMILES string of the molecule is O=C(O)CCCC(=O)c1c(F)ccc(F)c1F. The van der Waals surface area contributed by atoms with Crippen LogP contribution in [0.5, 0.6) is 0 Å². The number of halogens is 3. The van der Waals surface area contributed by atoms with Crippen LogP contribution < -0.4 is 0 Å². The van der Waals surface area contributed by atoms with Crippen LogP contribution in [0.15, 0.2) is 12.1 Å². The van der Waals surface area contributed by atoms with E-state index in [9.17, 15) is 22.8 Å². The van der Waals surface area contributed by atoms with Gasteiger partial charge in [-0.2, -0.15) is 0 Å². The van der Waals surface area contributed by atoms with E-state index in [1.807, 2.05) is 0 Å². The summed E-state index contributed by atoms with van der Waals surface area (Å²) in [6.45, 7) is 0. The van der Waals surface area contributed by atoms with Gasteiger partial charge in [0.25, 0.3) is 0 Å². The summed E-state index contributed by atoms with van der Waals surface area (Å²) in [6, 6.07) is 1.24. The van der Waals surface area contributed by atoms with Gasteiger partial charge in [0.05, 0.1) is 5.56 Å². The first-order chi connectivity index (χ1) is 7.93. The van der Waals surface area contributed by atoms with E-state index in [0.29, 0.717) is 12.1 Å². The van der Waals surface area contributed by atoms with E-state index in [4.69, 9.17) is 5.11 Å². The van der Waals surface area contributed by atoms with Gasteiger partial charge in [-0.1, -0.05) is 0 Å². The molecular weight excluding hydrogens is 237 g/mol. The van der Waals surface area contributed by atoms with Crippen LogP contribution in [-0.2, 0) is 4.79 Å². The second kappa shape index (κ2) is 5.47. The maximum absolute atomic E-state index is 13.1. The van der Waals surface area contributed by atoms with Gasteiger partial charge in [-0.25, -0.2) is 13.2 Å². The summed E-state index contributed by atoms with van der Waals surface area (Å²) in [6.07, 6.45) is -0.683. The summed E-state index contributed by atoms with van der Waals surface area (Å²) in [4.78, 5) is 21.6. The summed E-state index contributed by atoms with van der Waals surface area (Å²) in [7, 11) is 0. The maximum Gasteiger partial charge on any atom is 0.303 e. The molecule has 0 amide bonds. The van der Waals surface area contributed by atoms with Crippen molar-refractivity contribution in [1.82, 2.24) is 0 Å². The Morgan fingerprint density at radius 2 is 1.65 bits per heavy atom. The molecule has 0 aliphatic heterocycles. The molecule has 0 unspecified atom stereocenters. The zero-order valence-corrected chi connectivity index (χ0v) is 8.67. The van der Waals surface area contributed by atoms with Gasteiger partial charge in [0.1, 0.15) is 5.82 Å². The fourth-order valence-corrected chi connectivity index (χ4v) is 1.31. The second-order valence-corrected chi connectivity index (χ2v) is 3.39. The van der Waals surface area contributed by atoms with Gasteiger partial charge >= 0.3 is 5.97 Å². The van der Waals surface area contributed by atoms with Crippen molar-refractivity contribution in [2.75, 3.05) is 0 Å². The van der Waals surface area contributed by atoms with Crippen LogP contribution in [0.25, 0.3) is 0 Å². The fourth-order valence-electron chi connectivity index (χ4n) is 1.31. The molecule has 0 radical (unpaired) electrons. The quantitative estimate of drug-likeness (QED) is 0.641. The monoisotopic (exact) mass is 246 g/mol. The number of carboxylic acid groups (broad SMARTS) is 1. The van der Waals surface area contributed by atoms with Crippen molar-refractivity contribution < 1.29 is 27.9 Å². The predicted octanol–water partition coefficient (Wildman–Crippen LogP) is 2.54. The lowest BCUT2D eigenvalue weighted by atomic mass is 10.0. The molecule has 6 heteroatoms. The van der Waals surface area contributed by atoms with Crippen LogP contribution in [0.4, 0.5) is 13.2 Å². The van der Waals surface area contributed by atoms with Crippen LogP contribution in [0, 0.1) is 17.5 Å². The van der Waals surface area contributed by atoms with Crippen molar-refractivity contribution in [2.24, 2.45) is 0 Å². The Hall–Kier alpha value is -1.85. The molecule has 0 saturated heterocycles. The van der Waals surface area contributed by atoms with Gasteiger partial charge in [-0.3, -0.25) is 9.59 Å². The van der Waals surface area contributed by atoms with Gasteiger partial charge in [0, 0.05) is 12.8 Å². The molecular formula is C11H9F3O3. The smallest absolute Gasteiger partial charge is 0.303 e. The van der Waals surface area contributed by atoms with E-state index < -0.39 is 34.8 Å². The molecule has 1 aromatic carbocycles. The standard InChI is InChI=1S/C11H9F3O3/c12-6-4-5-7(13)11(14)10(6)8(15)2-1-3-9(16)17/h4-5H,1-3H2,(H,16,17). The number of ketones is 1. The Labute approximate surface area is 94.9 Å². The summed E-state index contributed by atoms with van der Waals surface area (Å²) in [5.74, 6) is -6.05. The summed E-state index contributed by atoms with van der Waals surface area (Å²) < 4.78 is 39.1. The van der Waals surface area contributed by atoms with Gasteiger partial charge in [-0.15, -0.1) is 0 Å². The van der Waals surface area contributed by atoms with E-state index in [2.05, 4.69) is 0 Å². The molecule has 92 valence electrons. The number of hydrogen-bond acceptors (Lipinski definition) is 2. The van der Waals surface area contributed by atoms with Gasteiger partial charge < -0.3 is 5.11 Å². The molecule has 0 spiro atoms. The lowest BCUT2D eigenvalue weighted by molar-refractivity contribution is -0.137. The molecule has 0 fully saturated rings. The largest absolute Gasteiger partial charge is 0.481 e. The minimum absolute atomic E-state index is 0.0520. The van der Waals surface area contributed by atoms with Gasteiger partial charge in [-0.05, 0) is 18.6 Å². The van der Waals surface area contributed by atoms with Crippen LogP contribution >= 0.6 is 0 Å². The average molecular weight is 246 g/mol.